The number of halogens is 1. The van der Waals surface area contributed by atoms with E-state index in [1.54, 1.807) is 12.5 Å². The smallest absolute Gasteiger partial charge is 0.272 e. The number of carbonyl (C=O) groups excluding carboxylic acids is 1. The number of carbonyl (C=O) groups is 1. The Morgan fingerprint density at radius 1 is 1.44 bits per heavy atom. The Morgan fingerprint density at radius 2 is 2.33 bits per heavy atom. The number of nitrogens with zero attached hydrogens (tertiary/aromatic N) is 3. The van der Waals surface area contributed by atoms with Gasteiger partial charge in [0, 0.05) is 31.7 Å². The monoisotopic (exact) mass is 248 g/mol. The first kappa shape index (κ1) is 12.2. The van der Waals surface area contributed by atoms with Crippen molar-refractivity contribution in [2.45, 2.75) is 13.0 Å². The molecular formula is C12H13FN4O. The van der Waals surface area contributed by atoms with Crippen LogP contribution >= 0.6 is 0 Å². The number of pyridine rings is 1. The van der Waals surface area contributed by atoms with Gasteiger partial charge in [-0.25, -0.2) is 14.4 Å². The molecule has 2 rings (SSSR count). The van der Waals surface area contributed by atoms with Crippen LogP contribution in [0.2, 0.25) is 0 Å². The van der Waals surface area contributed by atoms with Crippen LogP contribution in [0.5, 0.6) is 0 Å². The molecule has 0 aliphatic carbocycles. The maximum absolute atomic E-state index is 13.2. The van der Waals surface area contributed by atoms with E-state index in [1.165, 1.54) is 18.3 Å². The molecule has 0 aliphatic rings. The van der Waals surface area contributed by atoms with Gasteiger partial charge in [-0.1, -0.05) is 0 Å². The van der Waals surface area contributed by atoms with E-state index in [9.17, 15) is 9.18 Å². The average molecular weight is 248 g/mol. The number of aromatic nitrogens is 3. The van der Waals surface area contributed by atoms with Crippen molar-refractivity contribution in [1.29, 1.82) is 0 Å². The van der Waals surface area contributed by atoms with Crippen LogP contribution in [-0.2, 0) is 6.54 Å². The van der Waals surface area contributed by atoms with E-state index in [4.69, 9.17) is 0 Å². The molecule has 6 heteroatoms. The third kappa shape index (κ3) is 3.13. The highest BCUT2D eigenvalue weighted by molar-refractivity contribution is 5.92. The molecule has 0 saturated heterocycles. The third-order valence-corrected chi connectivity index (χ3v) is 2.41. The predicted octanol–water partition coefficient (Wildman–Crippen LogP) is 1.24. The summed E-state index contributed by atoms with van der Waals surface area (Å²) in [6.07, 6.45) is 7.39. The summed E-state index contributed by atoms with van der Waals surface area (Å²) in [6.45, 7) is 1.22. The highest BCUT2D eigenvalue weighted by atomic mass is 19.1. The zero-order valence-electron chi connectivity index (χ0n) is 9.71. The van der Waals surface area contributed by atoms with Gasteiger partial charge >= 0.3 is 0 Å². The van der Waals surface area contributed by atoms with E-state index in [2.05, 4.69) is 15.3 Å². The van der Waals surface area contributed by atoms with Crippen LogP contribution in [0.15, 0.2) is 37.1 Å². The maximum atomic E-state index is 13.2. The third-order valence-electron chi connectivity index (χ3n) is 2.41. The van der Waals surface area contributed by atoms with Gasteiger partial charge in [0.2, 0.25) is 0 Å². The van der Waals surface area contributed by atoms with Gasteiger partial charge in [0.15, 0.2) is 11.5 Å². The lowest BCUT2D eigenvalue weighted by Gasteiger charge is -2.05. The Kier molecular flexibility index (Phi) is 4.01. The van der Waals surface area contributed by atoms with Crippen molar-refractivity contribution in [3.05, 3.63) is 48.6 Å². The number of rotatable bonds is 5. The number of imidazole rings is 1. The van der Waals surface area contributed by atoms with Crippen LogP contribution in [0.4, 0.5) is 4.39 Å². The molecule has 18 heavy (non-hydrogen) atoms. The molecule has 2 aromatic heterocycles. The summed E-state index contributed by atoms with van der Waals surface area (Å²) in [5.74, 6) is -1.09. The number of hydrogen-bond donors (Lipinski definition) is 1. The lowest BCUT2D eigenvalue weighted by Crippen LogP contribution is -2.27. The van der Waals surface area contributed by atoms with Crippen molar-refractivity contribution in [1.82, 2.24) is 19.9 Å². The maximum Gasteiger partial charge on any atom is 0.272 e. The number of amides is 1. The lowest BCUT2D eigenvalue weighted by molar-refractivity contribution is 0.0943. The first-order chi connectivity index (χ1) is 8.77. The van der Waals surface area contributed by atoms with Crippen LogP contribution in [-0.4, -0.2) is 27.0 Å². The van der Waals surface area contributed by atoms with E-state index < -0.39 is 11.7 Å². The molecular weight excluding hydrogens is 235 g/mol. The van der Waals surface area contributed by atoms with Crippen LogP contribution < -0.4 is 5.32 Å². The molecule has 2 heterocycles. The molecule has 0 atom stereocenters. The summed E-state index contributed by atoms with van der Waals surface area (Å²) in [7, 11) is 0. The van der Waals surface area contributed by atoms with Gasteiger partial charge in [-0.2, -0.15) is 0 Å². The Bertz CT molecular complexity index is 513. The van der Waals surface area contributed by atoms with Crippen molar-refractivity contribution in [3.63, 3.8) is 0 Å². The van der Waals surface area contributed by atoms with Crippen LogP contribution in [0.25, 0.3) is 0 Å². The van der Waals surface area contributed by atoms with Gasteiger partial charge < -0.3 is 9.88 Å². The highest BCUT2D eigenvalue weighted by Gasteiger charge is 2.11. The molecule has 0 aromatic carbocycles. The summed E-state index contributed by atoms with van der Waals surface area (Å²) < 4.78 is 15.1. The van der Waals surface area contributed by atoms with E-state index in [0.29, 0.717) is 6.54 Å². The Labute approximate surface area is 104 Å². The first-order valence-electron chi connectivity index (χ1n) is 5.62. The van der Waals surface area contributed by atoms with Crippen molar-refractivity contribution in [3.8, 4) is 0 Å². The second-order valence-corrected chi connectivity index (χ2v) is 3.74. The summed E-state index contributed by atoms with van der Waals surface area (Å²) in [4.78, 5) is 19.2. The molecule has 5 nitrogen and oxygen atoms in total. The SMILES string of the molecule is O=C(NCCCn1ccnc1)c1ncccc1F. The molecule has 0 bridgehead atoms. The second-order valence-electron chi connectivity index (χ2n) is 3.74. The van der Waals surface area contributed by atoms with Crippen LogP contribution in [0.1, 0.15) is 16.9 Å². The van der Waals surface area contributed by atoms with E-state index in [-0.39, 0.29) is 5.69 Å². The van der Waals surface area contributed by atoms with Crippen molar-refractivity contribution in [2.24, 2.45) is 0 Å². The van der Waals surface area contributed by atoms with Crippen molar-refractivity contribution < 1.29 is 9.18 Å². The largest absolute Gasteiger partial charge is 0.351 e. The minimum absolute atomic E-state index is 0.167. The number of aryl methyl sites for hydroxylation is 1. The van der Waals surface area contributed by atoms with Gasteiger partial charge in [-0.15, -0.1) is 0 Å². The number of hydrogen-bond acceptors (Lipinski definition) is 3. The Morgan fingerprint density at radius 3 is 3.06 bits per heavy atom. The first-order valence-corrected chi connectivity index (χ1v) is 5.62. The molecule has 0 saturated carbocycles. The Balaban J connectivity index is 1.77. The molecule has 2 aromatic rings. The fourth-order valence-corrected chi connectivity index (χ4v) is 1.52. The molecule has 94 valence electrons. The summed E-state index contributed by atoms with van der Waals surface area (Å²) in [6, 6.07) is 2.67. The lowest BCUT2D eigenvalue weighted by atomic mass is 10.3. The second kappa shape index (κ2) is 5.90. The van der Waals surface area contributed by atoms with E-state index in [1.807, 2.05) is 10.8 Å². The zero-order chi connectivity index (χ0) is 12.8. The topological polar surface area (TPSA) is 59.8 Å². The van der Waals surface area contributed by atoms with Crippen molar-refractivity contribution >= 4 is 5.91 Å². The number of nitrogens with one attached hydrogen (secondary N) is 1. The molecule has 1 N–H and O–H groups in total. The minimum Gasteiger partial charge on any atom is -0.351 e. The molecule has 0 spiro atoms. The molecule has 0 fully saturated rings. The normalized spacial score (nSPS) is 10.3. The average Bonchev–Trinajstić information content (AvgIpc) is 2.88. The quantitative estimate of drug-likeness (QED) is 0.810. The summed E-state index contributed by atoms with van der Waals surface area (Å²) >= 11 is 0. The standard InChI is InChI=1S/C12H13FN4O/c13-10-3-1-4-15-11(10)12(18)16-5-2-7-17-8-6-14-9-17/h1,3-4,6,8-9H,2,5,7H2,(H,16,18). The van der Waals surface area contributed by atoms with E-state index >= 15 is 0 Å². The zero-order valence-corrected chi connectivity index (χ0v) is 9.71. The van der Waals surface area contributed by atoms with Crippen molar-refractivity contribution in [2.75, 3.05) is 6.54 Å². The summed E-state index contributed by atoms with van der Waals surface area (Å²) in [5.41, 5.74) is -0.167. The van der Waals surface area contributed by atoms with Gasteiger partial charge in [0.05, 0.1) is 6.33 Å². The summed E-state index contributed by atoms with van der Waals surface area (Å²) in [5, 5.41) is 2.63. The molecule has 0 aliphatic heterocycles. The Hall–Kier alpha value is -2.24. The fourth-order valence-electron chi connectivity index (χ4n) is 1.52. The molecule has 1 amide bonds. The van der Waals surface area contributed by atoms with Crippen LogP contribution in [0, 0.1) is 5.82 Å². The van der Waals surface area contributed by atoms with Gasteiger partial charge in [0.25, 0.3) is 5.91 Å². The predicted molar refractivity (Wildman–Crippen MR) is 63.4 cm³/mol. The van der Waals surface area contributed by atoms with Crippen LogP contribution in [0.3, 0.4) is 0 Å². The molecule has 0 unspecified atom stereocenters. The highest BCUT2D eigenvalue weighted by Crippen LogP contribution is 2.01. The fraction of sp³-hybridized carbons (Fsp3) is 0.250. The molecule has 0 radical (unpaired) electrons. The van der Waals surface area contributed by atoms with Gasteiger partial charge in [-0.05, 0) is 18.6 Å². The minimum atomic E-state index is -0.607. The van der Waals surface area contributed by atoms with Gasteiger partial charge in [0.1, 0.15) is 0 Å². The van der Waals surface area contributed by atoms with E-state index in [0.717, 1.165) is 13.0 Å². The van der Waals surface area contributed by atoms with Gasteiger partial charge in [-0.3, -0.25) is 4.79 Å².